The molecule has 0 saturated heterocycles. The van der Waals surface area contributed by atoms with E-state index in [0.717, 1.165) is 6.42 Å². The van der Waals surface area contributed by atoms with Gasteiger partial charge in [0.15, 0.2) is 0 Å². The second kappa shape index (κ2) is 20.0. The maximum absolute atomic E-state index is 9.50. The van der Waals surface area contributed by atoms with Crippen molar-refractivity contribution < 1.29 is 10.2 Å². The van der Waals surface area contributed by atoms with Gasteiger partial charge in [-0.05, 0) is 25.2 Å². The average molecular weight is 329 g/mol. The van der Waals surface area contributed by atoms with Crippen molar-refractivity contribution in [2.45, 2.75) is 116 Å². The Hall–Kier alpha value is -0.0800. The fourth-order valence-corrected chi connectivity index (χ4v) is 3.32. The minimum atomic E-state index is 0.344. The lowest BCUT2D eigenvalue weighted by Gasteiger charge is -2.13. The van der Waals surface area contributed by atoms with E-state index in [-0.39, 0.29) is 0 Å². The van der Waals surface area contributed by atoms with Gasteiger partial charge in [-0.25, -0.2) is 0 Å². The number of hydrogen-bond acceptors (Lipinski definition) is 2. The summed E-state index contributed by atoms with van der Waals surface area (Å²) in [7, 11) is 0. The molecule has 0 amide bonds. The molecule has 0 fully saturated rings. The molecule has 0 aromatic rings. The Morgan fingerprint density at radius 2 is 0.913 bits per heavy atom. The molecule has 0 aliphatic heterocycles. The van der Waals surface area contributed by atoms with Crippen LogP contribution in [0.2, 0.25) is 0 Å². The highest BCUT2D eigenvalue weighted by molar-refractivity contribution is 4.59. The highest BCUT2D eigenvalue weighted by Crippen LogP contribution is 2.19. The summed E-state index contributed by atoms with van der Waals surface area (Å²) in [6.07, 6.45) is 22.1. The Labute approximate surface area is 146 Å². The van der Waals surface area contributed by atoms with Crippen molar-refractivity contribution in [2.24, 2.45) is 5.92 Å². The van der Waals surface area contributed by atoms with Gasteiger partial charge in [-0.3, -0.25) is 0 Å². The first-order valence-electron chi connectivity index (χ1n) is 10.6. The predicted octanol–water partition coefficient (Wildman–Crippen LogP) is 6.24. The van der Waals surface area contributed by atoms with E-state index in [1.165, 1.54) is 103 Å². The van der Waals surface area contributed by atoms with Crippen LogP contribution in [-0.4, -0.2) is 23.4 Å². The van der Waals surface area contributed by atoms with Crippen LogP contribution in [0.25, 0.3) is 0 Å². The lowest BCUT2D eigenvalue weighted by Crippen LogP contribution is -2.06. The quantitative estimate of drug-likeness (QED) is 0.276. The van der Waals surface area contributed by atoms with Crippen molar-refractivity contribution in [3.05, 3.63) is 0 Å². The number of hydrogen-bond donors (Lipinski definition) is 2. The van der Waals surface area contributed by atoms with Crippen molar-refractivity contribution >= 4 is 0 Å². The van der Waals surface area contributed by atoms with Crippen LogP contribution >= 0.6 is 0 Å². The minimum Gasteiger partial charge on any atom is -0.396 e. The molecule has 0 radical (unpaired) electrons. The zero-order chi connectivity index (χ0) is 17.0. The molecule has 0 saturated carbocycles. The first-order chi connectivity index (χ1) is 11.3. The Balaban J connectivity index is 3.29. The lowest BCUT2D eigenvalue weighted by molar-refractivity contribution is 0.204. The second-order valence-electron chi connectivity index (χ2n) is 7.30. The first-order valence-corrected chi connectivity index (χ1v) is 10.6. The molecule has 0 bridgehead atoms. The minimum absolute atomic E-state index is 0.344. The van der Waals surface area contributed by atoms with Crippen LogP contribution in [-0.2, 0) is 0 Å². The van der Waals surface area contributed by atoms with E-state index < -0.39 is 0 Å². The van der Waals surface area contributed by atoms with E-state index in [0.29, 0.717) is 19.1 Å². The Morgan fingerprint density at radius 3 is 1.30 bits per heavy atom. The normalized spacial score (nSPS) is 12.7. The maximum atomic E-state index is 9.50. The zero-order valence-electron chi connectivity index (χ0n) is 15.9. The van der Waals surface area contributed by atoms with Crippen molar-refractivity contribution in [2.75, 3.05) is 13.2 Å². The van der Waals surface area contributed by atoms with Crippen molar-refractivity contribution in [1.82, 2.24) is 0 Å². The molecule has 0 aromatic heterocycles. The number of rotatable bonds is 19. The Kier molecular flexibility index (Phi) is 19.9. The molecule has 1 atom stereocenters. The Morgan fingerprint density at radius 1 is 0.522 bits per heavy atom. The third-order valence-electron chi connectivity index (χ3n) is 4.99. The topological polar surface area (TPSA) is 40.5 Å². The third kappa shape index (κ3) is 18.1. The molecular weight excluding hydrogens is 284 g/mol. The molecular formula is C21H44O2. The van der Waals surface area contributed by atoms with Crippen molar-refractivity contribution in [3.8, 4) is 0 Å². The lowest BCUT2D eigenvalue weighted by atomic mass is 9.95. The smallest absolute Gasteiger partial charge is 0.0459 e. The van der Waals surface area contributed by atoms with Gasteiger partial charge in [0.2, 0.25) is 0 Å². The van der Waals surface area contributed by atoms with E-state index in [4.69, 9.17) is 5.11 Å². The van der Waals surface area contributed by atoms with Gasteiger partial charge in [0.05, 0.1) is 0 Å². The van der Waals surface area contributed by atoms with Gasteiger partial charge in [0.25, 0.3) is 0 Å². The van der Waals surface area contributed by atoms with E-state index in [9.17, 15) is 5.11 Å². The van der Waals surface area contributed by atoms with Crippen LogP contribution < -0.4 is 0 Å². The van der Waals surface area contributed by atoms with E-state index >= 15 is 0 Å². The number of aliphatic hydroxyl groups is 2. The highest BCUT2D eigenvalue weighted by atomic mass is 16.3. The zero-order valence-corrected chi connectivity index (χ0v) is 15.9. The average Bonchev–Trinajstić information content (AvgIpc) is 2.57. The SMILES string of the molecule is CCCCCCCCCCC(CO)CCCCCCCCCO. The van der Waals surface area contributed by atoms with E-state index in [1.807, 2.05) is 0 Å². The summed E-state index contributed by atoms with van der Waals surface area (Å²) in [6, 6.07) is 0. The van der Waals surface area contributed by atoms with Gasteiger partial charge in [-0.1, -0.05) is 96.8 Å². The summed E-state index contributed by atoms with van der Waals surface area (Å²) in [6.45, 7) is 3.00. The molecule has 1 unspecified atom stereocenters. The predicted molar refractivity (Wildman–Crippen MR) is 102 cm³/mol. The van der Waals surface area contributed by atoms with Crippen LogP contribution in [0.15, 0.2) is 0 Å². The maximum Gasteiger partial charge on any atom is 0.0459 e. The molecule has 0 spiro atoms. The molecule has 140 valence electrons. The van der Waals surface area contributed by atoms with Gasteiger partial charge < -0.3 is 10.2 Å². The van der Waals surface area contributed by atoms with Crippen LogP contribution in [0, 0.1) is 5.92 Å². The van der Waals surface area contributed by atoms with Crippen molar-refractivity contribution in [3.63, 3.8) is 0 Å². The molecule has 2 nitrogen and oxygen atoms in total. The standard InChI is InChI=1S/C21H44O2/c1-2-3-4-5-6-8-11-14-17-21(20-23)18-15-12-9-7-10-13-16-19-22/h21-23H,2-20H2,1H3. The summed E-state index contributed by atoms with van der Waals surface area (Å²) in [5.41, 5.74) is 0. The van der Waals surface area contributed by atoms with Crippen LogP contribution in [0.4, 0.5) is 0 Å². The van der Waals surface area contributed by atoms with Crippen molar-refractivity contribution in [1.29, 1.82) is 0 Å². The number of unbranched alkanes of at least 4 members (excludes halogenated alkanes) is 13. The monoisotopic (exact) mass is 328 g/mol. The number of aliphatic hydroxyl groups excluding tert-OH is 2. The van der Waals surface area contributed by atoms with Gasteiger partial charge in [0, 0.05) is 13.2 Å². The molecule has 0 rings (SSSR count). The van der Waals surface area contributed by atoms with Crippen LogP contribution in [0.1, 0.15) is 116 Å². The summed E-state index contributed by atoms with van der Waals surface area (Å²) < 4.78 is 0. The molecule has 0 aliphatic rings. The molecule has 2 heteroatoms. The molecule has 0 aromatic carbocycles. The first kappa shape index (κ1) is 22.9. The molecule has 0 aliphatic carbocycles. The largest absolute Gasteiger partial charge is 0.396 e. The highest BCUT2D eigenvalue weighted by Gasteiger charge is 2.06. The van der Waals surface area contributed by atoms with Gasteiger partial charge in [-0.15, -0.1) is 0 Å². The fraction of sp³-hybridized carbons (Fsp3) is 1.00. The van der Waals surface area contributed by atoms with E-state index in [2.05, 4.69) is 6.92 Å². The fourth-order valence-electron chi connectivity index (χ4n) is 3.32. The third-order valence-corrected chi connectivity index (χ3v) is 4.99. The summed E-state index contributed by atoms with van der Waals surface area (Å²) in [5.74, 6) is 0.546. The van der Waals surface area contributed by atoms with Crippen LogP contribution in [0.3, 0.4) is 0 Å². The molecule has 2 N–H and O–H groups in total. The van der Waals surface area contributed by atoms with E-state index in [1.54, 1.807) is 0 Å². The summed E-state index contributed by atoms with van der Waals surface area (Å²) in [5, 5.41) is 18.2. The van der Waals surface area contributed by atoms with Gasteiger partial charge in [-0.2, -0.15) is 0 Å². The second-order valence-corrected chi connectivity index (χ2v) is 7.30. The van der Waals surface area contributed by atoms with Gasteiger partial charge >= 0.3 is 0 Å². The van der Waals surface area contributed by atoms with Gasteiger partial charge in [0.1, 0.15) is 0 Å². The van der Waals surface area contributed by atoms with Crippen LogP contribution in [0.5, 0.6) is 0 Å². The Bertz CT molecular complexity index is 186. The molecule has 23 heavy (non-hydrogen) atoms. The summed E-state index contributed by atoms with van der Waals surface area (Å²) in [4.78, 5) is 0. The summed E-state index contributed by atoms with van der Waals surface area (Å²) >= 11 is 0. The molecule has 0 heterocycles.